The van der Waals surface area contributed by atoms with Gasteiger partial charge < -0.3 is 9.88 Å². The van der Waals surface area contributed by atoms with E-state index in [-0.39, 0.29) is 5.91 Å². The number of hydrogen-bond donors (Lipinski definition) is 1. The van der Waals surface area contributed by atoms with Gasteiger partial charge in [0.2, 0.25) is 5.91 Å². The second-order valence-corrected chi connectivity index (χ2v) is 8.06. The minimum Gasteiger partial charge on any atom is -0.342 e. The van der Waals surface area contributed by atoms with Crippen molar-refractivity contribution in [2.24, 2.45) is 0 Å². The maximum absolute atomic E-state index is 12.5. The van der Waals surface area contributed by atoms with Crippen LogP contribution in [0.15, 0.2) is 42.5 Å². The van der Waals surface area contributed by atoms with Crippen LogP contribution in [0.3, 0.4) is 0 Å². The summed E-state index contributed by atoms with van der Waals surface area (Å²) in [4.78, 5) is 22.6. The van der Waals surface area contributed by atoms with E-state index in [2.05, 4.69) is 30.1 Å². The molecule has 6 heteroatoms. The average Bonchev–Trinajstić information content (AvgIpc) is 3.12. The van der Waals surface area contributed by atoms with Crippen LogP contribution in [-0.2, 0) is 4.79 Å². The molecule has 1 aliphatic rings. The third kappa shape index (κ3) is 4.08. The molecule has 1 fully saturated rings. The summed E-state index contributed by atoms with van der Waals surface area (Å²) in [6, 6.07) is 11.6. The van der Waals surface area contributed by atoms with Crippen molar-refractivity contribution in [3.8, 4) is 0 Å². The molecule has 0 unspecified atom stereocenters. The number of aromatic nitrogens is 2. The van der Waals surface area contributed by atoms with E-state index in [4.69, 9.17) is 28.2 Å². The molecule has 1 aliphatic heterocycles. The number of nitrogens with one attached hydrogen (secondary N) is 1. The number of aromatic amines is 1. The first-order valence-corrected chi connectivity index (χ1v) is 10.1. The van der Waals surface area contributed by atoms with Gasteiger partial charge in [-0.1, -0.05) is 35.3 Å². The predicted octanol–water partition coefficient (Wildman–Crippen LogP) is 5.60. The van der Waals surface area contributed by atoms with Gasteiger partial charge in [-0.25, -0.2) is 4.98 Å². The minimum absolute atomic E-state index is 0.0183. The molecule has 1 amide bonds. The van der Waals surface area contributed by atoms with Gasteiger partial charge in [-0.3, -0.25) is 4.79 Å². The number of halogens is 2. The van der Waals surface area contributed by atoms with Crippen molar-refractivity contribution in [3.63, 3.8) is 0 Å². The number of amides is 1. The van der Waals surface area contributed by atoms with E-state index in [1.54, 1.807) is 24.3 Å². The zero-order chi connectivity index (χ0) is 19.7. The van der Waals surface area contributed by atoms with Crippen LogP contribution < -0.4 is 0 Å². The number of benzene rings is 2. The Kier molecular flexibility index (Phi) is 5.42. The molecule has 4 rings (SSSR count). The van der Waals surface area contributed by atoms with Gasteiger partial charge >= 0.3 is 0 Å². The Morgan fingerprint density at radius 3 is 2.68 bits per heavy atom. The van der Waals surface area contributed by atoms with Gasteiger partial charge in [0.25, 0.3) is 0 Å². The number of piperidine rings is 1. The molecule has 0 bridgehead atoms. The fourth-order valence-corrected chi connectivity index (χ4v) is 3.91. The van der Waals surface area contributed by atoms with Gasteiger partial charge in [0.15, 0.2) is 0 Å². The van der Waals surface area contributed by atoms with Crippen LogP contribution in [0.5, 0.6) is 0 Å². The molecule has 3 aromatic rings. The number of nitrogens with zero attached hydrogens (tertiary/aromatic N) is 2. The molecule has 0 atom stereocenters. The third-order valence-electron chi connectivity index (χ3n) is 5.21. The monoisotopic (exact) mass is 413 g/mol. The highest BCUT2D eigenvalue weighted by atomic mass is 35.5. The average molecular weight is 414 g/mol. The summed E-state index contributed by atoms with van der Waals surface area (Å²) in [7, 11) is 0. The lowest BCUT2D eigenvalue weighted by Gasteiger charge is -2.30. The standard InChI is InChI=1S/C22H21Cl2N3O/c1-14-2-6-19-20(12-14)26-22(25-19)16-8-10-27(11-9-16)21(28)7-4-15-3-5-17(23)18(24)13-15/h2-7,12-13,16H,8-11H2,1H3,(H,25,26)/b7-4+. The Bertz CT molecular complexity index is 1050. The summed E-state index contributed by atoms with van der Waals surface area (Å²) < 4.78 is 0. The van der Waals surface area contributed by atoms with Gasteiger partial charge in [0.05, 0.1) is 21.1 Å². The molecule has 0 spiro atoms. The molecule has 4 nitrogen and oxygen atoms in total. The number of likely N-dealkylation sites (tertiary alicyclic amines) is 1. The Balaban J connectivity index is 1.38. The lowest BCUT2D eigenvalue weighted by molar-refractivity contribution is -0.127. The molecule has 1 aromatic heterocycles. The molecule has 144 valence electrons. The van der Waals surface area contributed by atoms with E-state index in [0.29, 0.717) is 16.0 Å². The molecule has 0 aliphatic carbocycles. The van der Waals surface area contributed by atoms with E-state index >= 15 is 0 Å². The van der Waals surface area contributed by atoms with Crippen LogP contribution in [0.4, 0.5) is 0 Å². The third-order valence-corrected chi connectivity index (χ3v) is 5.95. The molecule has 28 heavy (non-hydrogen) atoms. The number of rotatable bonds is 3. The highest BCUT2D eigenvalue weighted by Crippen LogP contribution is 2.28. The van der Waals surface area contributed by atoms with Crippen LogP contribution in [0.25, 0.3) is 17.1 Å². The number of carbonyl (C=O) groups is 1. The number of imidazole rings is 1. The summed E-state index contributed by atoms with van der Waals surface area (Å²) in [5.74, 6) is 1.40. The van der Waals surface area contributed by atoms with Crippen LogP contribution in [-0.4, -0.2) is 33.9 Å². The fourth-order valence-electron chi connectivity index (χ4n) is 3.60. The molecule has 1 N–H and O–H groups in total. The Morgan fingerprint density at radius 2 is 1.93 bits per heavy atom. The lowest BCUT2D eigenvalue weighted by Crippen LogP contribution is -2.37. The zero-order valence-corrected chi connectivity index (χ0v) is 17.1. The van der Waals surface area contributed by atoms with Crippen molar-refractivity contribution < 1.29 is 4.79 Å². The quantitative estimate of drug-likeness (QED) is 0.568. The van der Waals surface area contributed by atoms with E-state index in [9.17, 15) is 4.79 Å². The SMILES string of the molecule is Cc1ccc2nc(C3CCN(C(=O)/C=C/c4ccc(Cl)c(Cl)c4)CC3)[nH]c2c1. The second-order valence-electron chi connectivity index (χ2n) is 7.25. The van der Waals surface area contributed by atoms with Crippen molar-refractivity contribution in [3.05, 3.63) is 69.5 Å². The van der Waals surface area contributed by atoms with E-state index in [0.717, 1.165) is 48.4 Å². The molecule has 2 heterocycles. The van der Waals surface area contributed by atoms with Crippen LogP contribution in [0.1, 0.15) is 35.7 Å². The van der Waals surface area contributed by atoms with Crippen molar-refractivity contribution in [1.82, 2.24) is 14.9 Å². The summed E-state index contributed by atoms with van der Waals surface area (Å²) in [5, 5.41) is 0.992. The summed E-state index contributed by atoms with van der Waals surface area (Å²) >= 11 is 11.9. The largest absolute Gasteiger partial charge is 0.342 e. The highest BCUT2D eigenvalue weighted by molar-refractivity contribution is 6.42. The number of hydrogen-bond acceptors (Lipinski definition) is 2. The maximum Gasteiger partial charge on any atom is 0.246 e. The normalized spacial score (nSPS) is 15.6. The minimum atomic E-state index is 0.0183. The Labute approximate surface area is 174 Å². The number of carbonyl (C=O) groups excluding carboxylic acids is 1. The molecular weight excluding hydrogens is 393 g/mol. The van der Waals surface area contributed by atoms with Gasteiger partial charge in [-0.2, -0.15) is 0 Å². The lowest BCUT2D eigenvalue weighted by atomic mass is 9.96. The van der Waals surface area contributed by atoms with Gasteiger partial charge in [-0.15, -0.1) is 0 Å². The smallest absolute Gasteiger partial charge is 0.246 e. The fraction of sp³-hybridized carbons (Fsp3) is 0.273. The van der Waals surface area contributed by atoms with Crippen LogP contribution >= 0.6 is 23.2 Å². The van der Waals surface area contributed by atoms with Gasteiger partial charge in [-0.05, 0) is 61.2 Å². The first-order valence-electron chi connectivity index (χ1n) is 9.38. The van der Waals surface area contributed by atoms with E-state index < -0.39 is 0 Å². The zero-order valence-electron chi connectivity index (χ0n) is 15.6. The molecular formula is C22H21Cl2N3O. The second kappa shape index (κ2) is 7.98. The van der Waals surface area contributed by atoms with Crippen molar-refractivity contribution >= 4 is 46.2 Å². The van der Waals surface area contributed by atoms with Crippen molar-refractivity contribution in [1.29, 1.82) is 0 Å². The van der Waals surface area contributed by atoms with E-state index in [1.165, 1.54) is 5.56 Å². The number of fused-ring (bicyclic) bond motifs is 1. The number of aryl methyl sites for hydroxylation is 1. The number of H-pyrrole nitrogens is 1. The summed E-state index contributed by atoms with van der Waals surface area (Å²) in [5.41, 5.74) is 4.16. The first-order chi connectivity index (χ1) is 13.5. The molecule has 2 aromatic carbocycles. The molecule has 0 saturated carbocycles. The van der Waals surface area contributed by atoms with Crippen LogP contribution in [0, 0.1) is 6.92 Å². The maximum atomic E-state index is 12.5. The molecule has 0 radical (unpaired) electrons. The van der Waals surface area contributed by atoms with Crippen molar-refractivity contribution in [2.75, 3.05) is 13.1 Å². The Morgan fingerprint density at radius 1 is 1.14 bits per heavy atom. The Hall–Kier alpha value is -2.30. The van der Waals surface area contributed by atoms with Gasteiger partial charge in [0, 0.05) is 25.1 Å². The summed E-state index contributed by atoms with van der Waals surface area (Å²) in [6.07, 6.45) is 5.19. The summed E-state index contributed by atoms with van der Waals surface area (Å²) in [6.45, 7) is 3.53. The van der Waals surface area contributed by atoms with Crippen molar-refractivity contribution in [2.45, 2.75) is 25.7 Å². The topological polar surface area (TPSA) is 49.0 Å². The van der Waals surface area contributed by atoms with Gasteiger partial charge in [0.1, 0.15) is 5.82 Å². The first kappa shape index (κ1) is 19.0. The van der Waals surface area contributed by atoms with E-state index in [1.807, 2.05) is 11.0 Å². The predicted molar refractivity (Wildman–Crippen MR) is 115 cm³/mol. The molecule has 1 saturated heterocycles. The van der Waals surface area contributed by atoms with Crippen LogP contribution in [0.2, 0.25) is 10.0 Å². The highest BCUT2D eigenvalue weighted by Gasteiger charge is 2.24.